The SMILES string of the molecule is Nc1nc2cc(NC(=O)c3cc(Br)cc(Br)c3)ccc2n1CCCc1ccccc1. The lowest BCUT2D eigenvalue weighted by Gasteiger charge is -2.08. The van der Waals surface area contributed by atoms with Gasteiger partial charge in [-0.05, 0) is 54.8 Å². The number of nitrogen functional groups attached to an aromatic ring is 1. The highest BCUT2D eigenvalue weighted by Gasteiger charge is 2.12. The van der Waals surface area contributed by atoms with Gasteiger partial charge in [0, 0.05) is 26.7 Å². The van der Waals surface area contributed by atoms with Crippen LogP contribution in [0, 0.1) is 0 Å². The zero-order chi connectivity index (χ0) is 21.1. The number of nitrogens with zero attached hydrogens (tertiary/aromatic N) is 2. The van der Waals surface area contributed by atoms with Gasteiger partial charge in [0.1, 0.15) is 0 Å². The molecule has 0 aliphatic rings. The molecule has 0 spiro atoms. The van der Waals surface area contributed by atoms with E-state index in [1.54, 1.807) is 12.1 Å². The number of rotatable bonds is 6. The first kappa shape index (κ1) is 20.6. The van der Waals surface area contributed by atoms with Crippen molar-refractivity contribution in [2.45, 2.75) is 19.4 Å². The van der Waals surface area contributed by atoms with Gasteiger partial charge in [-0.15, -0.1) is 0 Å². The molecule has 4 aromatic rings. The predicted molar refractivity (Wildman–Crippen MR) is 129 cm³/mol. The van der Waals surface area contributed by atoms with Crippen LogP contribution in [0.15, 0.2) is 75.7 Å². The molecule has 1 aromatic heterocycles. The number of imidazole rings is 1. The highest BCUT2D eigenvalue weighted by Crippen LogP contribution is 2.24. The third-order valence-corrected chi connectivity index (χ3v) is 5.77. The number of aromatic nitrogens is 2. The number of halogens is 2. The fraction of sp³-hybridized carbons (Fsp3) is 0.130. The summed E-state index contributed by atoms with van der Waals surface area (Å²) in [6, 6.07) is 21.5. The summed E-state index contributed by atoms with van der Waals surface area (Å²) < 4.78 is 3.69. The van der Waals surface area contributed by atoms with Crippen molar-refractivity contribution in [2.75, 3.05) is 11.1 Å². The smallest absolute Gasteiger partial charge is 0.255 e. The number of aryl methyl sites for hydroxylation is 2. The molecule has 0 radical (unpaired) electrons. The van der Waals surface area contributed by atoms with E-state index >= 15 is 0 Å². The first-order chi connectivity index (χ1) is 14.5. The van der Waals surface area contributed by atoms with Crippen molar-refractivity contribution >= 4 is 60.4 Å². The number of benzene rings is 3. The van der Waals surface area contributed by atoms with E-state index in [0.717, 1.165) is 39.4 Å². The van der Waals surface area contributed by atoms with Gasteiger partial charge < -0.3 is 15.6 Å². The number of carbonyl (C=O) groups is 1. The van der Waals surface area contributed by atoms with Crippen molar-refractivity contribution in [1.82, 2.24) is 9.55 Å². The third-order valence-electron chi connectivity index (χ3n) is 4.85. The molecule has 0 unspecified atom stereocenters. The Morgan fingerprint density at radius 2 is 1.73 bits per heavy atom. The third kappa shape index (κ3) is 4.74. The average molecular weight is 528 g/mol. The first-order valence-electron chi connectivity index (χ1n) is 9.57. The lowest BCUT2D eigenvalue weighted by Crippen LogP contribution is -2.11. The topological polar surface area (TPSA) is 72.9 Å². The zero-order valence-electron chi connectivity index (χ0n) is 16.1. The van der Waals surface area contributed by atoms with Crippen LogP contribution in [0.5, 0.6) is 0 Å². The van der Waals surface area contributed by atoms with Gasteiger partial charge >= 0.3 is 0 Å². The Morgan fingerprint density at radius 3 is 2.47 bits per heavy atom. The molecule has 0 saturated carbocycles. The van der Waals surface area contributed by atoms with E-state index in [1.165, 1.54) is 5.56 Å². The molecule has 7 heteroatoms. The van der Waals surface area contributed by atoms with Crippen molar-refractivity contribution in [3.63, 3.8) is 0 Å². The Balaban J connectivity index is 1.49. The maximum Gasteiger partial charge on any atom is 0.255 e. The maximum atomic E-state index is 12.6. The van der Waals surface area contributed by atoms with Crippen molar-refractivity contribution in [1.29, 1.82) is 0 Å². The zero-order valence-corrected chi connectivity index (χ0v) is 19.3. The summed E-state index contributed by atoms with van der Waals surface area (Å²) in [4.78, 5) is 17.1. The summed E-state index contributed by atoms with van der Waals surface area (Å²) in [5.74, 6) is 0.295. The molecule has 1 amide bonds. The van der Waals surface area contributed by atoms with Crippen molar-refractivity contribution in [3.05, 3.63) is 86.8 Å². The molecule has 4 rings (SSSR count). The Kier molecular flexibility index (Phi) is 6.20. The highest BCUT2D eigenvalue weighted by atomic mass is 79.9. The molecule has 152 valence electrons. The average Bonchev–Trinajstić information content (AvgIpc) is 3.02. The molecule has 3 aromatic carbocycles. The van der Waals surface area contributed by atoms with Gasteiger partial charge in [0.25, 0.3) is 5.91 Å². The quantitative estimate of drug-likeness (QED) is 0.321. The van der Waals surface area contributed by atoms with Crippen LogP contribution in [0.25, 0.3) is 11.0 Å². The minimum absolute atomic E-state index is 0.188. The Bertz CT molecular complexity index is 1180. The van der Waals surface area contributed by atoms with Crippen LogP contribution in [0.3, 0.4) is 0 Å². The van der Waals surface area contributed by atoms with Gasteiger partial charge in [0.15, 0.2) is 0 Å². The number of nitrogens with two attached hydrogens (primary N) is 1. The number of nitrogens with one attached hydrogen (secondary N) is 1. The Hall–Kier alpha value is -2.64. The van der Waals surface area contributed by atoms with Crippen molar-refractivity contribution in [3.8, 4) is 0 Å². The van der Waals surface area contributed by atoms with Crippen molar-refractivity contribution in [2.24, 2.45) is 0 Å². The van der Waals surface area contributed by atoms with Gasteiger partial charge in [0.2, 0.25) is 5.95 Å². The summed E-state index contributed by atoms with van der Waals surface area (Å²) in [5, 5.41) is 2.93. The van der Waals surface area contributed by atoms with Gasteiger partial charge in [-0.2, -0.15) is 0 Å². The van der Waals surface area contributed by atoms with Gasteiger partial charge in [-0.25, -0.2) is 4.98 Å². The molecule has 0 aliphatic carbocycles. The van der Waals surface area contributed by atoms with E-state index in [4.69, 9.17) is 5.73 Å². The largest absolute Gasteiger partial charge is 0.369 e. The Morgan fingerprint density at radius 1 is 1.00 bits per heavy atom. The number of carbonyl (C=O) groups excluding carboxylic acids is 1. The summed E-state index contributed by atoms with van der Waals surface area (Å²) >= 11 is 6.82. The van der Waals surface area contributed by atoms with Crippen LogP contribution >= 0.6 is 31.9 Å². The normalized spacial score (nSPS) is 11.0. The number of anilines is 2. The molecular formula is C23H20Br2N4O. The van der Waals surface area contributed by atoms with Crippen molar-refractivity contribution < 1.29 is 4.79 Å². The highest BCUT2D eigenvalue weighted by molar-refractivity contribution is 9.11. The lowest BCUT2D eigenvalue weighted by molar-refractivity contribution is 0.102. The standard InChI is InChI=1S/C23H20Br2N4O/c24-17-11-16(12-18(25)13-17)22(30)27-19-8-9-21-20(14-19)28-23(26)29(21)10-4-7-15-5-2-1-3-6-15/h1-3,5-6,8-9,11-14H,4,7,10H2,(H2,26,28)(H,27,30). The van der Waals surface area contributed by atoms with E-state index in [9.17, 15) is 4.79 Å². The van der Waals surface area contributed by atoms with Crippen LogP contribution in [0.2, 0.25) is 0 Å². The Labute approximate surface area is 191 Å². The summed E-state index contributed by atoms with van der Waals surface area (Å²) in [6.07, 6.45) is 1.95. The number of fused-ring (bicyclic) bond motifs is 1. The second kappa shape index (κ2) is 9.02. The molecule has 3 N–H and O–H groups in total. The number of amides is 1. The molecule has 1 heterocycles. The van der Waals surface area contributed by atoms with Crippen LogP contribution < -0.4 is 11.1 Å². The monoisotopic (exact) mass is 526 g/mol. The van der Waals surface area contributed by atoms with Gasteiger partial charge in [-0.1, -0.05) is 62.2 Å². The van der Waals surface area contributed by atoms with E-state index in [1.807, 2.05) is 34.9 Å². The molecule has 5 nitrogen and oxygen atoms in total. The minimum Gasteiger partial charge on any atom is -0.369 e. The molecule has 30 heavy (non-hydrogen) atoms. The number of hydrogen-bond donors (Lipinski definition) is 2. The summed E-state index contributed by atoms with van der Waals surface area (Å²) in [5.41, 5.74) is 10.4. The fourth-order valence-electron chi connectivity index (χ4n) is 3.44. The van der Waals surface area contributed by atoms with Crippen LogP contribution in [0.4, 0.5) is 11.6 Å². The molecule has 0 atom stereocenters. The first-order valence-corrected chi connectivity index (χ1v) is 11.2. The van der Waals surface area contributed by atoms with Crippen LogP contribution in [-0.2, 0) is 13.0 Å². The van der Waals surface area contributed by atoms with E-state index in [2.05, 4.69) is 66.4 Å². The van der Waals surface area contributed by atoms with Crippen LogP contribution in [-0.4, -0.2) is 15.5 Å². The molecule has 0 aliphatic heterocycles. The molecule has 0 fully saturated rings. The second-order valence-electron chi connectivity index (χ2n) is 7.03. The fourth-order valence-corrected chi connectivity index (χ4v) is 4.73. The molecular weight excluding hydrogens is 508 g/mol. The van der Waals surface area contributed by atoms with E-state index in [0.29, 0.717) is 17.2 Å². The minimum atomic E-state index is -0.188. The lowest BCUT2D eigenvalue weighted by atomic mass is 10.1. The van der Waals surface area contributed by atoms with Gasteiger partial charge in [0.05, 0.1) is 11.0 Å². The predicted octanol–water partition coefficient (Wildman–Crippen LogP) is 6.03. The molecule has 0 saturated heterocycles. The van der Waals surface area contributed by atoms with E-state index < -0.39 is 0 Å². The number of hydrogen-bond acceptors (Lipinski definition) is 3. The summed E-state index contributed by atoms with van der Waals surface area (Å²) in [6.45, 7) is 0.787. The second-order valence-corrected chi connectivity index (χ2v) is 8.86. The maximum absolute atomic E-state index is 12.6. The van der Waals surface area contributed by atoms with Gasteiger partial charge in [-0.3, -0.25) is 4.79 Å². The van der Waals surface area contributed by atoms with Crippen LogP contribution in [0.1, 0.15) is 22.3 Å². The van der Waals surface area contributed by atoms with E-state index in [-0.39, 0.29) is 5.91 Å². The molecule has 0 bridgehead atoms. The summed E-state index contributed by atoms with van der Waals surface area (Å²) in [7, 11) is 0.